The third-order valence-corrected chi connectivity index (χ3v) is 19.8. The number of amides is 6. The van der Waals surface area contributed by atoms with E-state index in [1.807, 2.05) is 31.2 Å². The predicted octanol–water partition coefficient (Wildman–Crippen LogP) is 6.16. The number of nitrogens with two attached hydrogens (primary N) is 1. The van der Waals surface area contributed by atoms with Crippen LogP contribution in [0.1, 0.15) is 117 Å². The fraction of sp³-hybridized carbons (Fsp3) is 0.241. The lowest BCUT2D eigenvalue weighted by molar-refractivity contribution is -0.155. The van der Waals surface area contributed by atoms with Gasteiger partial charge in [0, 0.05) is 67.8 Å². The lowest BCUT2D eigenvalue weighted by atomic mass is 10.1. The van der Waals surface area contributed by atoms with Gasteiger partial charge in [0.15, 0.2) is 6.10 Å². The number of aryl methyl sites for hydroxylation is 2. The Morgan fingerprint density at radius 3 is 2.17 bits per heavy atom. The fourth-order valence-corrected chi connectivity index (χ4v) is 14.8. The number of aromatic nitrogens is 7. The number of ether oxygens (including phenoxy) is 1. The van der Waals surface area contributed by atoms with E-state index in [0.29, 0.717) is 22.0 Å². The lowest BCUT2D eigenvalue weighted by Gasteiger charge is -2.21. The molecule has 11 rings (SSSR count). The molecule has 2 aliphatic heterocycles. The molecule has 0 fully saturated rings. The number of esters is 1. The SMILES string of the molecule is C/C=C1\NC(=O)[C@H]([C@@H](C)O)NC(=O)c2csc(n2)-c2cc(O)c(-c3nc(C(=O)NC(CNc4ccccc4C)C(N)=O)cs3)nc2-c2csc(n2)[C@@H]2CSC(=O)c3[nH]c4cccc(c4c3C)COC(=O)[C@H](O)C[C@H](NC(=O)c3csc1n3)c1nc(cs1)C(=O)N2. The number of carbonyl (C=O) groups is 8. The van der Waals surface area contributed by atoms with Gasteiger partial charge in [-0.05, 0) is 62.6 Å². The molecule has 1 unspecified atom stereocenters. The number of fused-ring (bicyclic) bond motifs is 13. The standard InChI is InChI=1S/C58H52N14O12S6/c1-5-28-53-68-34(19-87-53)47(77)63-31-14-40(75)57(82)84-16-26-10-8-12-30-41(26)24(3)42(61-30)58(83)90-22-38(65-49(79)35-20-88-54(31)69-35)55-66-33(17-86-55)44-27(52-67-37(18-85-52)50(80)72-43(25(4)73)51(81)62-28)13-39(74)45(71-44)56-70-36(21-89-56)48(78)64-32(46(59)76)15-60-29-11-7-6-9-23(29)2/h5-13,17-21,25,31-32,38,40,43,60-61,73-75H,14-16,22H2,1-4H3,(H2,59,76)(H,62,81)(H,63,77)(H,64,78)(H,65,79)(H,72,80)/b28-5-/t25-,31+,32?,38+,40-,43+/m1/s1. The third kappa shape index (κ3) is 13.3. The number of allylic oxidation sites excluding steroid dienone is 1. The summed E-state index contributed by atoms with van der Waals surface area (Å²) < 4.78 is 5.65. The zero-order valence-corrected chi connectivity index (χ0v) is 52.5. The second-order valence-corrected chi connectivity index (χ2v) is 25.8. The fourth-order valence-electron chi connectivity index (χ4n) is 9.62. The first-order valence-electron chi connectivity index (χ1n) is 27.3. The summed E-state index contributed by atoms with van der Waals surface area (Å²) in [6.45, 7) is 6.14. The van der Waals surface area contributed by atoms with Crippen molar-refractivity contribution in [3.05, 3.63) is 142 Å². The quantitative estimate of drug-likeness (QED) is 0.0759. The van der Waals surface area contributed by atoms with Crippen LogP contribution in [-0.2, 0) is 25.7 Å². The number of nitrogens with zero attached hydrogens (tertiary/aromatic N) is 6. The molecule has 6 atom stereocenters. The number of pyridine rings is 1. The van der Waals surface area contributed by atoms with Crippen LogP contribution in [0.3, 0.4) is 0 Å². The smallest absolute Gasteiger partial charge is 0.335 e. The Balaban J connectivity index is 1.01. The Hall–Kier alpha value is -9.15. The highest BCUT2D eigenvalue weighted by Crippen LogP contribution is 2.42. The Morgan fingerprint density at radius 2 is 1.43 bits per heavy atom. The first kappa shape index (κ1) is 62.5. The molecule has 6 amide bonds. The van der Waals surface area contributed by atoms with Crippen molar-refractivity contribution in [2.75, 3.05) is 17.6 Å². The van der Waals surface area contributed by atoms with Crippen molar-refractivity contribution in [1.29, 1.82) is 0 Å². The molecule has 0 saturated heterocycles. The van der Waals surface area contributed by atoms with Gasteiger partial charge >= 0.3 is 5.97 Å². The Kier molecular flexibility index (Phi) is 18.4. The molecule has 2 aromatic carbocycles. The average Bonchev–Trinajstić information content (AvgIpc) is 1.63. The summed E-state index contributed by atoms with van der Waals surface area (Å²) in [4.78, 5) is 142. The van der Waals surface area contributed by atoms with Gasteiger partial charge in [-0.25, -0.2) is 34.7 Å². The number of nitrogens with one attached hydrogen (secondary N) is 7. The van der Waals surface area contributed by atoms with Crippen molar-refractivity contribution in [1.82, 2.24) is 61.5 Å². The van der Waals surface area contributed by atoms with E-state index < -0.39 is 95.1 Å². The zero-order chi connectivity index (χ0) is 63.7. The van der Waals surface area contributed by atoms with E-state index in [9.17, 15) is 53.7 Å². The molecule has 0 radical (unpaired) electrons. The molecule has 7 aromatic heterocycles. The van der Waals surface area contributed by atoms with Crippen molar-refractivity contribution in [3.8, 4) is 38.4 Å². The van der Waals surface area contributed by atoms with Gasteiger partial charge in [0.2, 0.25) is 16.9 Å². The molecule has 9 aromatic rings. The second-order valence-electron chi connectivity index (χ2n) is 20.5. The predicted molar refractivity (Wildman–Crippen MR) is 339 cm³/mol. The molecular formula is C58H52N14O12S6. The van der Waals surface area contributed by atoms with Gasteiger partial charge in [-0.1, -0.05) is 48.2 Å². The van der Waals surface area contributed by atoms with Crippen molar-refractivity contribution >= 4 is 137 Å². The molecule has 9 heterocycles. The maximum Gasteiger partial charge on any atom is 0.335 e. The summed E-state index contributed by atoms with van der Waals surface area (Å²) in [5.41, 5.74) is 8.92. The number of aliphatic hydroxyl groups is 2. The van der Waals surface area contributed by atoms with E-state index in [-0.39, 0.29) is 101 Å². The summed E-state index contributed by atoms with van der Waals surface area (Å²) in [5.74, 6) is -6.42. The van der Waals surface area contributed by atoms with E-state index in [2.05, 4.69) is 56.8 Å². The van der Waals surface area contributed by atoms with Crippen LogP contribution in [0.2, 0.25) is 0 Å². The van der Waals surface area contributed by atoms with Crippen LogP contribution in [0.25, 0.3) is 49.3 Å². The molecule has 26 nitrogen and oxygen atoms in total. The maximum absolute atomic E-state index is 14.6. The monoisotopic (exact) mass is 1330 g/mol. The number of hydrogen-bond acceptors (Lipinski definition) is 25. The van der Waals surface area contributed by atoms with Crippen LogP contribution < -0.4 is 37.6 Å². The van der Waals surface area contributed by atoms with Gasteiger partial charge in [-0.15, -0.1) is 56.7 Å². The maximum atomic E-state index is 14.6. The normalized spacial score (nSPS) is 18.9. The molecular weight excluding hydrogens is 1280 g/mol. The number of benzene rings is 2. The van der Waals surface area contributed by atoms with Crippen LogP contribution in [-0.4, -0.2) is 133 Å². The summed E-state index contributed by atoms with van der Waals surface area (Å²) in [6, 6.07) is 8.84. The minimum atomic E-state index is -1.84. The Morgan fingerprint density at radius 1 is 0.778 bits per heavy atom. The molecule has 0 saturated carbocycles. The number of thiazole rings is 5. The number of aromatic hydroxyl groups is 1. The molecule has 32 heteroatoms. The number of para-hydroxylation sites is 1. The number of aromatic amines is 1. The molecule has 462 valence electrons. The molecule has 12 N–H and O–H groups in total. The van der Waals surface area contributed by atoms with Crippen LogP contribution in [0.5, 0.6) is 5.75 Å². The van der Waals surface area contributed by atoms with Gasteiger partial charge in [0.05, 0.1) is 29.6 Å². The van der Waals surface area contributed by atoms with E-state index in [0.717, 1.165) is 79.7 Å². The average molecular weight is 1330 g/mol. The molecule has 12 bridgehead atoms. The van der Waals surface area contributed by atoms with Crippen molar-refractivity contribution in [2.45, 2.75) is 77.1 Å². The van der Waals surface area contributed by atoms with Crippen LogP contribution in [0.4, 0.5) is 5.69 Å². The number of hydrogen-bond donors (Lipinski definition) is 11. The van der Waals surface area contributed by atoms with Crippen molar-refractivity contribution in [2.24, 2.45) is 5.73 Å². The van der Waals surface area contributed by atoms with E-state index in [1.165, 1.54) is 40.6 Å². The third-order valence-electron chi connectivity index (χ3n) is 14.3. The minimum Gasteiger partial charge on any atom is -0.506 e. The Labute approximate surface area is 534 Å². The van der Waals surface area contributed by atoms with Gasteiger partial charge in [0.25, 0.3) is 23.6 Å². The van der Waals surface area contributed by atoms with E-state index in [1.54, 1.807) is 37.4 Å². The summed E-state index contributed by atoms with van der Waals surface area (Å²) >= 11 is 5.78. The molecule has 0 aliphatic carbocycles. The number of aliphatic hydroxyl groups excluding tert-OH is 2. The number of thioether (sulfide) groups is 1. The lowest BCUT2D eigenvalue weighted by Crippen LogP contribution is -2.52. The number of carbonyl (C=O) groups excluding carboxylic acids is 8. The Bertz CT molecular complexity index is 4370. The van der Waals surface area contributed by atoms with Crippen molar-refractivity contribution < 1.29 is 58.4 Å². The molecule has 90 heavy (non-hydrogen) atoms. The van der Waals surface area contributed by atoms with Crippen molar-refractivity contribution in [3.63, 3.8) is 0 Å². The van der Waals surface area contributed by atoms with Crippen LogP contribution in [0.15, 0.2) is 81.5 Å². The number of H-pyrrole nitrogens is 1. The zero-order valence-electron chi connectivity index (χ0n) is 47.6. The molecule has 2 aliphatic rings. The highest BCUT2D eigenvalue weighted by atomic mass is 32.2. The summed E-state index contributed by atoms with van der Waals surface area (Å²) in [6.07, 6.45) is -2.30. The largest absolute Gasteiger partial charge is 0.506 e. The van der Waals surface area contributed by atoms with Gasteiger partial charge in [-0.3, -0.25) is 33.6 Å². The minimum absolute atomic E-state index is 0.0442. The van der Waals surface area contributed by atoms with Crippen LogP contribution in [0, 0.1) is 13.8 Å². The number of cyclic esters (lactones) is 1. The number of rotatable bonds is 8. The molecule has 0 spiro atoms. The topological polar surface area (TPSA) is 398 Å². The van der Waals surface area contributed by atoms with Gasteiger partial charge < -0.3 is 62.7 Å². The van der Waals surface area contributed by atoms with Crippen LogP contribution >= 0.6 is 68.4 Å². The van der Waals surface area contributed by atoms with E-state index >= 15 is 0 Å². The van der Waals surface area contributed by atoms with Gasteiger partial charge in [-0.2, -0.15) is 0 Å². The highest BCUT2D eigenvalue weighted by molar-refractivity contribution is 8.14. The first-order valence-corrected chi connectivity index (χ1v) is 32.7. The van der Waals surface area contributed by atoms with E-state index in [4.69, 9.17) is 20.4 Å². The summed E-state index contributed by atoms with van der Waals surface area (Å²) in [5, 5.41) is 59.1. The van der Waals surface area contributed by atoms with Gasteiger partial charge in [0.1, 0.15) is 89.3 Å². The summed E-state index contributed by atoms with van der Waals surface area (Å²) in [7, 11) is 0. The highest BCUT2D eigenvalue weighted by Gasteiger charge is 2.34. The second kappa shape index (κ2) is 26.5. The number of primary amides is 1. The number of anilines is 1. The first-order chi connectivity index (χ1) is 43.2.